The number of para-hydroxylation sites is 1. The Hall–Kier alpha value is -0.483. The summed E-state index contributed by atoms with van der Waals surface area (Å²) in [6, 6.07) is 5.26. The van der Waals surface area contributed by atoms with Crippen LogP contribution in [0.25, 0.3) is 0 Å². The third-order valence-corrected chi connectivity index (χ3v) is 2.80. The van der Waals surface area contributed by atoms with Crippen LogP contribution in [-0.2, 0) is 0 Å². The van der Waals surface area contributed by atoms with Gasteiger partial charge in [0.2, 0.25) is 8.32 Å². The zero-order valence-corrected chi connectivity index (χ0v) is 10.6. The number of hydrogen-bond acceptors (Lipinski definition) is 2. The maximum Gasteiger partial charge on any atom is 0.242 e. The van der Waals surface area contributed by atoms with E-state index in [2.05, 4.69) is 35.6 Å². The molecule has 0 atom stereocenters. The second kappa shape index (κ2) is 3.72. The maximum absolute atomic E-state index is 9.52. The van der Waals surface area contributed by atoms with Crippen LogP contribution in [0, 0.1) is 0 Å². The van der Waals surface area contributed by atoms with Crippen LogP contribution in [0.3, 0.4) is 0 Å². The van der Waals surface area contributed by atoms with E-state index in [0.29, 0.717) is 5.75 Å². The summed E-state index contributed by atoms with van der Waals surface area (Å²) in [5.74, 6) is 0.749. The summed E-state index contributed by atoms with van der Waals surface area (Å²) < 4.78 is 6.51. The molecule has 72 valence electrons. The van der Waals surface area contributed by atoms with Crippen LogP contribution in [0.4, 0.5) is 0 Å². The molecule has 0 aliphatic rings. The molecule has 0 saturated carbocycles. The van der Waals surface area contributed by atoms with Gasteiger partial charge in [0.1, 0.15) is 0 Å². The molecular weight excluding hydrogens is 248 g/mol. The van der Waals surface area contributed by atoms with Gasteiger partial charge in [-0.15, -0.1) is 0 Å². The summed E-state index contributed by atoms with van der Waals surface area (Å²) in [5.41, 5.74) is 0. The predicted molar refractivity (Wildman–Crippen MR) is 59.8 cm³/mol. The second-order valence-corrected chi connectivity index (χ2v) is 9.09. The van der Waals surface area contributed by atoms with E-state index in [4.69, 9.17) is 4.43 Å². The summed E-state index contributed by atoms with van der Waals surface area (Å²) in [6.45, 7) is 6.23. The Labute approximate surface area is 87.8 Å². The number of rotatable bonds is 2. The highest BCUT2D eigenvalue weighted by molar-refractivity contribution is 9.10. The SMILES string of the molecule is C[Si](C)(C)Oc1c(O)cccc1Br. The molecule has 0 bridgehead atoms. The van der Waals surface area contributed by atoms with Crippen LogP contribution >= 0.6 is 15.9 Å². The molecule has 0 amide bonds. The third-order valence-electron chi connectivity index (χ3n) is 1.35. The average molecular weight is 261 g/mol. The lowest BCUT2D eigenvalue weighted by Crippen LogP contribution is -2.29. The monoisotopic (exact) mass is 260 g/mol. The van der Waals surface area contributed by atoms with Crippen molar-refractivity contribution in [1.29, 1.82) is 0 Å². The van der Waals surface area contributed by atoms with Crippen molar-refractivity contribution < 1.29 is 9.53 Å². The zero-order valence-electron chi connectivity index (χ0n) is 7.97. The van der Waals surface area contributed by atoms with Gasteiger partial charge in [0.25, 0.3) is 0 Å². The molecule has 1 rings (SSSR count). The average Bonchev–Trinajstić information content (AvgIpc) is 1.95. The Morgan fingerprint density at radius 2 is 1.92 bits per heavy atom. The minimum absolute atomic E-state index is 0.191. The summed E-state index contributed by atoms with van der Waals surface area (Å²) in [7, 11) is -1.65. The standard InChI is InChI=1S/C9H13BrO2Si/c1-13(2,3)12-9-7(10)5-4-6-8(9)11/h4-6,11H,1-3H3. The second-order valence-electron chi connectivity index (χ2n) is 3.80. The molecule has 13 heavy (non-hydrogen) atoms. The molecule has 0 saturated heterocycles. The quantitative estimate of drug-likeness (QED) is 0.827. The van der Waals surface area contributed by atoms with E-state index < -0.39 is 8.32 Å². The largest absolute Gasteiger partial charge is 0.541 e. The number of benzene rings is 1. The van der Waals surface area contributed by atoms with E-state index in [1.54, 1.807) is 12.1 Å². The van der Waals surface area contributed by atoms with Crippen LogP contribution in [0.1, 0.15) is 0 Å². The van der Waals surface area contributed by atoms with Crippen LogP contribution in [-0.4, -0.2) is 13.4 Å². The van der Waals surface area contributed by atoms with E-state index in [9.17, 15) is 5.11 Å². The fourth-order valence-corrected chi connectivity index (χ4v) is 2.32. The molecular formula is C9H13BrO2Si. The molecule has 0 heterocycles. The molecule has 0 spiro atoms. The molecule has 0 aromatic heterocycles. The van der Waals surface area contributed by atoms with Crippen molar-refractivity contribution in [2.45, 2.75) is 19.6 Å². The van der Waals surface area contributed by atoms with Gasteiger partial charge in [-0.1, -0.05) is 6.07 Å². The van der Waals surface area contributed by atoms with Crippen LogP contribution in [0.2, 0.25) is 19.6 Å². The third kappa shape index (κ3) is 3.04. The Kier molecular flexibility index (Phi) is 3.03. The van der Waals surface area contributed by atoms with Gasteiger partial charge in [0.15, 0.2) is 11.5 Å². The van der Waals surface area contributed by atoms with Crippen molar-refractivity contribution in [3.8, 4) is 11.5 Å². The van der Waals surface area contributed by atoms with Crippen molar-refractivity contribution >= 4 is 24.2 Å². The van der Waals surface area contributed by atoms with Gasteiger partial charge in [-0.25, -0.2) is 0 Å². The lowest BCUT2D eigenvalue weighted by Gasteiger charge is -2.20. The molecule has 0 radical (unpaired) electrons. The van der Waals surface area contributed by atoms with Crippen LogP contribution in [0.15, 0.2) is 22.7 Å². The Morgan fingerprint density at radius 1 is 1.31 bits per heavy atom. The van der Waals surface area contributed by atoms with Gasteiger partial charge in [-0.3, -0.25) is 0 Å². The van der Waals surface area contributed by atoms with Gasteiger partial charge in [-0.2, -0.15) is 0 Å². The molecule has 4 heteroatoms. The fourth-order valence-electron chi connectivity index (χ4n) is 0.905. The Balaban J connectivity index is 3.00. The molecule has 1 N–H and O–H groups in total. The van der Waals surface area contributed by atoms with Gasteiger partial charge in [0, 0.05) is 0 Å². The Bertz CT molecular complexity index is 287. The van der Waals surface area contributed by atoms with E-state index >= 15 is 0 Å². The first-order valence-electron chi connectivity index (χ1n) is 4.06. The first-order valence-corrected chi connectivity index (χ1v) is 8.27. The number of aromatic hydroxyl groups is 1. The van der Waals surface area contributed by atoms with Gasteiger partial charge in [0.05, 0.1) is 4.47 Å². The van der Waals surface area contributed by atoms with Crippen LogP contribution < -0.4 is 4.43 Å². The lowest BCUT2D eigenvalue weighted by molar-refractivity contribution is 0.434. The van der Waals surface area contributed by atoms with E-state index in [1.165, 1.54) is 0 Å². The minimum Gasteiger partial charge on any atom is -0.541 e. The zero-order chi connectivity index (χ0) is 10.1. The van der Waals surface area contributed by atoms with Crippen molar-refractivity contribution in [2.24, 2.45) is 0 Å². The lowest BCUT2D eigenvalue weighted by atomic mass is 10.3. The van der Waals surface area contributed by atoms with Crippen molar-refractivity contribution in [1.82, 2.24) is 0 Å². The van der Waals surface area contributed by atoms with Gasteiger partial charge in [-0.05, 0) is 47.7 Å². The summed E-state index contributed by atoms with van der Waals surface area (Å²) in [5, 5.41) is 9.52. The molecule has 0 fully saturated rings. The van der Waals surface area contributed by atoms with Crippen molar-refractivity contribution in [3.05, 3.63) is 22.7 Å². The van der Waals surface area contributed by atoms with E-state index in [1.807, 2.05) is 6.07 Å². The van der Waals surface area contributed by atoms with E-state index in [-0.39, 0.29) is 5.75 Å². The first kappa shape index (κ1) is 10.6. The van der Waals surface area contributed by atoms with Crippen molar-refractivity contribution in [3.63, 3.8) is 0 Å². The van der Waals surface area contributed by atoms with Gasteiger partial charge < -0.3 is 9.53 Å². The highest BCUT2D eigenvalue weighted by atomic mass is 79.9. The number of hydrogen-bond donors (Lipinski definition) is 1. The molecule has 2 nitrogen and oxygen atoms in total. The number of phenolic OH excluding ortho intramolecular Hbond substituents is 1. The molecule has 1 aromatic carbocycles. The smallest absolute Gasteiger partial charge is 0.242 e. The molecule has 0 unspecified atom stereocenters. The summed E-state index contributed by atoms with van der Waals surface area (Å²) in [6.07, 6.45) is 0. The first-order chi connectivity index (χ1) is 5.90. The summed E-state index contributed by atoms with van der Waals surface area (Å²) in [4.78, 5) is 0. The summed E-state index contributed by atoms with van der Waals surface area (Å²) >= 11 is 3.34. The maximum atomic E-state index is 9.52. The molecule has 0 aliphatic carbocycles. The predicted octanol–water partition coefficient (Wildman–Crippen LogP) is 3.37. The number of halogens is 1. The van der Waals surface area contributed by atoms with Crippen molar-refractivity contribution in [2.75, 3.05) is 0 Å². The molecule has 0 aliphatic heterocycles. The number of phenols is 1. The normalized spacial score (nSPS) is 11.4. The van der Waals surface area contributed by atoms with Crippen LogP contribution in [0.5, 0.6) is 11.5 Å². The topological polar surface area (TPSA) is 29.5 Å². The molecule has 1 aromatic rings. The highest BCUT2D eigenvalue weighted by Crippen LogP contribution is 2.35. The minimum atomic E-state index is -1.65. The van der Waals surface area contributed by atoms with Gasteiger partial charge >= 0.3 is 0 Å². The Morgan fingerprint density at radius 3 is 2.38 bits per heavy atom. The van der Waals surface area contributed by atoms with E-state index in [0.717, 1.165) is 4.47 Å². The highest BCUT2D eigenvalue weighted by Gasteiger charge is 2.19. The fraction of sp³-hybridized carbons (Fsp3) is 0.333.